The summed E-state index contributed by atoms with van der Waals surface area (Å²) in [5.74, 6) is -0.137. The first-order valence-corrected chi connectivity index (χ1v) is 7.64. The van der Waals surface area contributed by atoms with E-state index in [0.717, 1.165) is 11.8 Å². The number of ketones is 2. The van der Waals surface area contributed by atoms with Gasteiger partial charge in [-0.2, -0.15) is 0 Å². The third kappa shape index (κ3) is 5.59. The second-order valence-electron chi connectivity index (χ2n) is 4.39. The molecule has 0 aromatic heterocycles. The van der Waals surface area contributed by atoms with Crippen molar-refractivity contribution in [3.05, 3.63) is 24.3 Å². The predicted octanol–water partition coefficient (Wildman–Crippen LogP) is 2.30. The van der Waals surface area contributed by atoms with Crippen LogP contribution in [0.25, 0.3) is 0 Å². The van der Waals surface area contributed by atoms with Gasteiger partial charge in [-0.15, -0.1) is 11.8 Å². The summed E-state index contributed by atoms with van der Waals surface area (Å²) in [4.78, 5) is 34.5. The van der Waals surface area contributed by atoms with Gasteiger partial charge in [-0.3, -0.25) is 14.4 Å². The van der Waals surface area contributed by atoms with Gasteiger partial charge >= 0.3 is 0 Å². The topological polar surface area (TPSA) is 72.5 Å². The van der Waals surface area contributed by atoms with E-state index >= 15 is 0 Å². The Morgan fingerprint density at radius 1 is 1.19 bits per heavy atom. The Balaban J connectivity index is 2.62. The van der Waals surface area contributed by atoms with Crippen LogP contribution in [0, 0.1) is 0 Å². The molecule has 1 N–H and O–H groups in total. The molecule has 1 rings (SSSR count). The summed E-state index contributed by atoms with van der Waals surface area (Å²) in [5.41, 5.74) is 0.576. The molecule has 0 saturated carbocycles. The maximum absolute atomic E-state index is 11.9. The van der Waals surface area contributed by atoms with Crippen molar-refractivity contribution in [2.24, 2.45) is 0 Å². The third-order valence-corrected chi connectivity index (χ3v) is 4.01. The highest BCUT2D eigenvalue weighted by Gasteiger charge is 2.21. The molecular formula is C15H19NO4S. The van der Waals surface area contributed by atoms with E-state index in [1.807, 2.05) is 13.0 Å². The van der Waals surface area contributed by atoms with Crippen molar-refractivity contribution in [1.29, 1.82) is 0 Å². The van der Waals surface area contributed by atoms with Crippen LogP contribution in [0.15, 0.2) is 24.3 Å². The lowest BCUT2D eigenvalue weighted by Gasteiger charge is -2.12. The van der Waals surface area contributed by atoms with Crippen molar-refractivity contribution in [3.63, 3.8) is 0 Å². The normalized spacial score (nSPS) is 10.3. The van der Waals surface area contributed by atoms with E-state index in [4.69, 9.17) is 4.74 Å². The van der Waals surface area contributed by atoms with Gasteiger partial charge in [-0.05, 0) is 32.9 Å². The number of rotatable bonds is 8. The molecule has 1 aromatic carbocycles. The minimum absolute atomic E-state index is 0.0320. The average Bonchev–Trinajstić information content (AvgIpc) is 2.40. The van der Waals surface area contributed by atoms with E-state index < -0.39 is 5.25 Å². The summed E-state index contributed by atoms with van der Waals surface area (Å²) in [7, 11) is 0. The van der Waals surface area contributed by atoms with Crippen molar-refractivity contribution >= 4 is 34.9 Å². The Kier molecular flexibility index (Phi) is 6.94. The van der Waals surface area contributed by atoms with Gasteiger partial charge in [0.05, 0.1) is 18.0 Å². The smallest absolute Gasteiger partial charge is 0.234 e. The number of thioether (sulfide) groups is 1. The third-order valence-electron chi connectivity index (χ3n) is 2.58. The number of carbonyl (C=O) groups excluding carboxylic acids is 3. The summed E-state index contributed by atoms with van der Waals surface area (Å²) < 4.78 is 5.41. The number of hydrogen-bond donors (Lipinski definition) is 1. The van der Waals surface area contributed by atoms with Crippen LogP contribution < -0.4 is 10.1 Å². The highest BCUT2D eigenvalue weighted by molar-refractivity contribution is 8.02. The molecule has 21 heavy (non-hydrogen) atoms. The van der Waals surface area contributed by atoms with Gasteiger partial charge in [-0.25, -0.2) is 0 Å². The van der Waals surface area contributed by atoms with E-state index in [1.165, 1.54) is 13.8 Å². The number of amides is 1. The van der Waals surface area contributed by atoms with Gasteiger partial charge in [0.15, 0.2) is 0 Å². The van der Waals surface area contributed by atoms with Gasteiger partial charge in [0.25, 0.3) is 0 Å². The molecule has 114 valence electrons. The second kappa shape index (κ2) is 8.46. The summed E-state index contributed by atoms with van der Waals surface area (Å²) in [6.45, 7) is 5.06. The van der Waals surface area contributed by atoms with E-state index in [9.17, 15) is 14.4 Å². The van der Waals surface area contributed by atoms with Crippen LogP contribution in [-0.2, 0) is 14.4 Å². The van der Waals surface area contributed by atoms with Crippen molar-refractivity contribution in [3.8, 4) is 5.75 Å². The van der Waals surface area contributed by atoms with E-state index in [2.05, 4.69) is 5.32 Å². The number of Topliss-reactive ketones (excluding diaryl/α,β-unsaturated/α-hetero) is 2. The largest absolute Gasteiger partial charge is 0.492 e. The number of ether oxygens (including phenoxy) is 1. The minimum Gasteiger partial charge on any atom is -0.492 e. The summed E-state index contributed by atoms with van der Waals surface area (Å²) in [6.07, 6.45) is 0. The fourth-order valence-electron chi connectivity index (χ4n) is 1.72. The van der Waals surface area contributed by atoms with E-state index in [-0.39, 0.29) is 23.2 Å². The molecule has 1 amide bonds. The lowest BCUT2D eigenvalue weighted by atomic mass is 10.2. The van der Waals surface area contributed by atoms with Gasteiger partial charge in [0, 0.05) is 0 Å². The Morgan fingerprint density at radius 2 is 1.81 bits per heavy atom. The molecule has 0 bridgehead atoms. The predicted molar refractivity (Wildman–Crippen MR) is 83.8 cm³/mol. The van der Waals surface area contributed by atoms with Crippen molar-refractivity contribution in [2.75, 3.05) is 17.7 Å². The van der Waals surface area contributed by atoms with Crippen LogP contribution in [0.1, 0.15) is 20.8 Å². The lowest BCUT2D eigenvalue weighted by Crippen LogP contribution is -2.25. The Morgan fingerprint density at radius 3 is 2.38 bits per heavy atom. The molecule has 0 fully saturated rings. The lowest BCUT2D eigenvalue weighted by molar-refractivity contribution is -0.123. The van der Waals surface area contributed by atoms with Gasteiger partial charge in [0.1, 0.15) is 22.6 Å². The molecule has 0 spiro atoms. The van der Waals surface area contributed by atoms with Crippen molar-refractivity contribution in [2.45, 2.75) is 26.0 Å². The SMILES string of the molecule is CCOc1ccccc1NC(=O)CSC(C(C)=O)C(C)=O. The first-order valence-electron chi connectivity index (χ1n) is 6.59. The fraction of sp³-hybridized carbons (Fsp3) is 0.400. The maximum Gasteiger partial charge on any atom is 0.234 e. The number of carbonyl (C=O) groups is 3. The molecule has 0 radical (unpaired) electrons. The Labute approximate surface area is 128 Å². The highest BCUT2D eigenvalue weighted by Crippen LogP contribution is 2.24. The number of nitrogens with one attached hydrogen (secondary N) is 1. The monoisotopic (exact) mass is 309 g/mol. The summed E-state index contributed by atoms with van der Waals surface area (Å²) in [6, 6.07) is 7.11. The molecule has 0 unspecified atom stereocenters. The first-order chi connectivity index (χ1) is 9.95. The van der Waals surface area contributed by atoms with Crippen LogP contribution in [0.3, 0.4) is 0 Å². The molecule has 5 nitrogen and oxygen atoms in total. The zero-order valence-electron chi connectivity index (χ0n) is 12.3. The summed E-state index contributed by atoms with van der Waals surface area (Å²) >= 11 is 1.03. The maximum atomic E-state index is 11.9. The molecule has 0 aliphatic heterocycles. The molecule has 0 atom stereocenters. The van der Waals surface area contributed by atoms with Crippen molar-refractivity contribution in [1.82, 2.24) is 0 Å². The Bertz CT molecular complexity index is 516. The zero-order valence-corrected chi connectivity index (χ0v) is 13.2. The second-order valence-corrected chi connectivity index (χ2v) is 5.48. The van der Waals surface area contributed by atoms with Crippen LogP contribution in [0.4, 0.5) is 5.69 Å². The minimum atomic E-state index is -0.780. The first kappa shape index (κ1) is 17.2. The molecule has 0 saturated heterocycles. The molecule has 6 heteroatoms. The molecule has 0 aliphatic carbocycles. The van der Waals surface area contributed by atoms with Crippen LogP contribution >= 0.6 is 11.8 Å². The average molecular weight is 309 g/mol. The van der Waals surface area contributed by atoms with E-state index in [1.54, 1.807) is 18.2 Å². The number of hydrogen-bond acceptors (Lipinski definition) is 5. The van der Waals surface area contributed by atoms with Crippen LogP contribution in [0.2, 0.25) is 0 Å². The number of anilines is 1. The standard InChI is InChI=1S/C15H19NO4S/c1-4-20-13-8-6-5-7-12(13)16-14(19)9-21-15(10(2)17)11(3)18/h5-8,15H,4,9H2,1-3H3,(H,16,19). The van der Waals surface area contributed by atoms with Crippen LogP contribution in [-0.4, -0.2) is 35.1 Å². The molecule has 0 heterocycles. The number of para-hydroxylation sites is 2. The van der Waals surface area contributed by atoms with Gasteiger partial charge in [0.2, 0.25) is 5.91 Å². The molecule has 0 aliphatic rings. The molecule has 1 aromatic rings. The fourth-order valence-corrected chi connectivity index (χ4v) is 2.58. The summed E-state index contributed by atoms with van der Waals surface area (Å²) in [5, 5.41) is 1.94. The quantitative estimate of drug-likeness (QED) is 0.746. The highest BCUT2D eigenvalue weighted by atomic mass is 32.2. The molecular weight excluding hydrogens is 290 g/mol. The zero-order chi connectivity index (χ0) is 15.8. The van der Waals surface area contributed by atoms with Gasteiger partial charge in [-0.1, -0.05) is 12.1 Å². The van der Waals surface area contributed by atoms with Crippen molar-refractivity contribution < 1.29 is 19.1 Å². The van der Waals surface area contributed by atoms with E-state index in [0.29, 0.717) is 18.0 Å². The Hall–Kier alpha value is -1.82. The van der Waals surface area contributed by atoms with Gasteiger partial charge < -0.3 is 10.1 Å². The number of benzene rings is 1. The van der Waals surface area contributed by atoms with Crippen LogP contribution in [0.5, 0.6) is 5.75 Å².